The van der Waals surface area contributed by atoms with Crippen molar-refractivity contribution in [1.82, 2.24) is 0 Å². The minimum atomic E-state index is -0.528. The molecule has 0 radical (unpaired) electrons. The highest BCUT2D eigenvalue weighted by Gasteiger charge is 2.14. The van der Waals surface area contributed by atoms with Crippen LogP contribution in [-0.2, 0) is 0 Å². The van der Waals surface area contributed by atoms with Gasteiger partial charge in [0.1, 0.15) is 0 Å². The summed E-state index contributed by atoms with van der Waals surface area (Å²) in [5.41, 5.74) is 0. The lowest BCUT2D eigenvalue weighted by atomic mass is 10.4. The summed E-state index contributed by atoms with van der Waals surface area (Å²) in [6, 6.07) is 43.4. The SMILES string of the molecule is C(=CP(c1ccccc1)c1ccccc1)P(c1ccccc1)c1ccccc1. The zero-order valence-electron chi connectivity index (χ0n) is 15.6. The Morgan fingerprint density at radius 3 is 0.750 bits per heavy atom. The van der Waals surface area contributed by atoms with Crippen LogP contribution >= 0.6 is 15.8 Å². The van der Waals surface area contributed by atoms with E-state index in [0.29, 0.717) is 0 Å². The van der Waals surface area contributed by atoms with Gasteiger partial charge in [0.25, 0.3) is 0 Å². The Hall–Kier alpha value is -2.52. The molecule has 0 fully saturated rings. The van der Waals surface area contributed by atoms with E-state index in [0.717, 1.165) is 0 Å². The summed E-state index contributed by atoms with van der Waals surface area (Å²) in [7, 11) is -1.06. The topological polar surface area (TPSA) is 0 Å². The Bertz CT molecular complexity index is 833. The second-order valence-electron chi connectivity index (χ2n) is 6.38. The van der Waals surface area contributed by atoms with E-state index in [1.54, 1.807) is 0 Å². The molecule has 0 bridgehead atoms. The standard InChI is InChI=1S/C26H22P2/c1-5-13-23(14-6-1)27(24-15-7-2-8-16-24)21-22-28(25-17-9-3-10-18-25)26-19-11-4-12-20-26/h1-22H. The molecular formula is C26H22P2. The van der Waals surface area contributed by atoms with Crippen LogP contribution < -0.4 is 21.2 Å². The van der Waals surface area contributed by atoms with E-state index >= 15 is 0 Å². The maximum Gasteiger partial charge on any atom is -0.0157 e. The van der Waals surface area contributed by atoms with Gasteiger partial charge >= 0.3 is 0 Å². The van der Waals surface area contributed by atoms with Gasteiger partial charge in [0.2, 0.25) is 0 Å². The molecule has 0 heterocycles. The van der Waals surface area contributed by atoms with Crippen molar-refractivity contribution in [1.29, 1.82) is 0 Å². The quantitative estimate of drug-likeness (QED) is 0.366. The van der Waals surface area contributed by atoms with Crippen LogP contribution in [0.1, 0.15) is 0 Å². The van der Waals surface area contributed by atoms with Gasteiger partial charge < -0.3 is 0 Å². The Morgan fingerprint density at radius 1 is 0.321 bits per heavy atom. The number of hydrogen-bond acceptors (Lipinski definition) is 0. The zero-order valence-corrected chi connectivity index (χ0v) is 17.4. The molecule has 0 amide bonds. The molecule has 2 heteroatoms. The third-order valence-corrected chi connectivity index (χ3v) is 9.05. The van der Waals surface area contributed by atoms with Gasteiger partial charge in [-0.05, 0) is 37.1 Å². The predicted molar refractivity (Wildman–Crippen MR) is 127 cm³/mol. The average Bonchev–Trinajstić information content (AvgIpc) is 2.79. The van der Waals surface area contributed by atoms with Crippen LogP contribution in [0.5, 0.6) is 0 Å². The van der Waals surface area contributed by atoms with E-state index in [4.69, 9.17) is 0 Å². The van der Waals surface area contributed by atoms with Crippen molar-refractivity contribution < 1.29 is 0 Å². The van der Waals surface area contributed by atoms with Crippen molar-refractivity contribution in [2.45, 2.75) is 0 Å². The minimum absolute atomic E-state index is 0.528. The summed E-state index contributed by atoms with van der Waals surface area (Å²) in [5, 5.41) is 5.54. The Morgan fingerprint density at radius 2 is 0.536 bits per heavy atom. The second kappa shape index (κ2) is 9.61. The Balaban J connectivity index is 1.75. The molecule has 0 aromatic heterocycles. The minimum Gasteiger partial charge on any atom is -0.0622 e. The van der Waals surface area contributed by atoms with Crippen LogP contribution in [0.2, 0.25) is 0 Å². The number of hydrogen-bond donors (Lipinski definition) is 0. The monoisotopic (exact) mass is 396 g/mol. The number of benzene rings is 4. The highest BCUT2D eigenvalue weighted by molar-refractivity contribution is 7.79. The van der Waals surface area contributed by atoms with Crippen molar-refractivity contribution in [3.63, 3.8) is 0 Å². The Kier molecular flexibility index (Phi) is 6.46. The molecule has 0 nitrogen and oxygen atoms in total. The lowest BCUT2D eigenvalue weighted by Gasteiger charge is -2.18. The maximum absolute atomic E-state index is 2.45. The van der Waals surface area contributed by atoms with Crippen molar-refractivity contribution in [2.75, 3.05) is 0 Å². The molecule has 0 aliphatic carbocycles. The predicted octanol–water partition coefficient (Wildman–Crippen LogP) is 5.72. The van der Waals surface area contributed by atoms with Gasteiger partial charge in [0.15, 0.2) is 0 Å². The van der Waals surface area contributed by atoms with Gasteiger partial charge in [0, 0.05) is 0 Å². The molecule has 0 unspecified atom stereocenters. The lowest BCUT2D eigenvalue weighted by molar-refractivity contribution is 1.75. The smallest absolute Gasteiger partial charge is 0.0157 e. The molecule has 0 atom stereocenters. The normalized spacial score (nSPS) is 11.4. The van der Waals surface area contributed by atoms with Gasteiger partial charge in [-0.1, -0.05) is 133 Å². The first kappa shape index (κ1) is 18.8. The molecule has 4 rings (SSSR count). The first-order valence-electron chi connectivity index (χ1n) is 9.39. The van der Waals surface area contributed by atoms with Crippen molar-refractivity contribution in [3.8, 4) is 0 Å². The number of rotatable bonds is 6. The van der Waals surface area contributed by atoms with E-state index in [9.17, 15) is 0 Å². The van der Waals surface area contributed by atoms with Gasteiger partial charge in [-0.3, -0.25) is 0 Å². The largest absolute Gasteiger partial charge is 0.0622 e. The molecule has 0 saturated heterocycles. The van der Waals surface area contributed by atoms with E-state index < -0.39 is 15.8 Å². The molecule has 4 aromatic rings. The maximum atomic E-state index is 2.45. The first-order chi connectivity index (χ1) is 13.9. The van der Waals surface area contributed by atoms with Gasteiger partial charge in [-0.2, -0.15) is 0 Å². The molecule has 4 aromatic carbocycles. The summed E-state index contributed by atoms with van der Waals surface area (Å²) in [6.07, 6.45) is 0. The van der Waals surface area contributed by atoms with E-state index in [-0.39, 0.29) is 0 Å². The average molecular weight is 396 g/mol. The third kappa shape index (κ3) is 4.66. The van der Waals surface area contributed by atoms with E-state index in [1.165, 1.54) is 21.2 Å². The van der Waals surface area contributed by atoms with E-state index in [2.05, 4.69) is 133 Å². The first-order valence-corrected chi connectivity index (χ1v) is 12.2. The molecule has 28 heavy (non-hydrogen) atoms. The molecule has 0 N–H and O–H groups in total. The summed E-state index contributed by atoms with van der Waals surface area (Å²) < 4.78 is 0. The van der Waals surface area contributed by atoms with Crippen LogP contribution in [-0.4, -0.2) is 0 Å². The fraction of sp³-hybridized carbons (Fsp3) is 0. The molecule has 0 spiro atoms. The molecule has 0 aliphatic heterocycles. The van der Waals surface area contributed by atoms with Gasteiger partial charge in [-0.15, -0.1) is 0 Å². The fourth-order valence-corrected chi connectivity index (χ4v) is 7.45. The lowest BCUT2D eigenvalue weighted by Crippen LogP contribution is -2.11. The van der Waals surface area contributed by atoms with Crippen LogP contribution in [0.15, 0.2) is 133 Å². The summed E-state index contributed by atoms with van der Waals surface area (Å²) in [4.78, 5) is 0. The van der Waals surface area contributed by atoms with Gasteiger partial charge in [-0.25, -0.2) is 0 Å². The van der Waals surface area contributed by atoms with Crippen LogP contribution in [0.3, 0.4) is 0 Å². The Labute approximate surface area is 170 Å². The van der Waals surface area contributed by atoms with Gasteiger partial charge in [0.05, 0.1) is 0 Å². The molecule has 0 aliphatic rings. The molecule has 136 valence electrons. The van der Waals surface area contributed by atoms with Crippen molar-refractivity contribution in [2.24, 2.45) is 0 Å². The highest BCUT2D eigenvalue weighted by atomic mass is 31.1. The van der Waals surface area contributed by atoms with Crippen LogP contribution in [0.25, 0.3) is 0 Å². The zero-order chi connectivity index (χ0) is 19.0. The fourth-order valence-electron chi connectivity index (χ4n) is 3.13. The van der Waals surface area contributed by atoms with Crippen molar-refractivity contribution >= 4 is 37.1 Å². The van der Waals surface area contributed by atoms with Crippen LogP contribution in [0.4, 0.5) is 0 Å². The van der Waals surface area contributed by atoms with Crippen LogP contribution in [0, 0.1) is 0 Å². The second-order valence-corrected chi connectivity index (χ2v) is 10.5. The summed E-state index contributed by atoms with van der Waals surface area (Å²) in [6.45, 7) is 0. The third-order valence-electron chi connectivity index (χ3n) is 4.50. The summed E-state index contributed by atoms with van der Waals surface area (Å²) in [5.74, 6) is 4.90. The molecular weight excluding hydrogens is 374 g/mol. The highest BCUT2D eigenvalue weighted by Crippen LogP contribution is 2.42. The molecule has 0 saturated carbocycles. The van der Waals surface area contributed by atoms with E-state index in [1.807, 2.05) is 0 Å². The van der Waals surface area contributed by atoms with Crippen molar-refractivity contribution in [3.05, 3.63) is 133 Å². The summed E-state index contributed by atoms with van der Waals surface area (Å²) >= 11 is 0.